The molecule has 2 aromatic rings. The molecular formula is C15H18N2O2S. The third kappa shape index (κ3) is 3.81. The number of benzene rings is 1. The van der Waals surface area contributed by atoms with Crippen LogP contribution in [0, 0.1) is 0 Å². The van der Waals surface area contributed by atoms with E-state index < -0.39 is 0 Å². The van der Waals surface area contributed by atoms with Gasteiger partial charge in [0.05, 0.1) is 19.2 Å². The summed E-state index contributed by atoms with van der Waals surface area (Å²) in [5.41, 5.74) is 3.03. The van der Waals surface area contributed by atoms with Gasteiger partial charge in [-0.2, -0.15) is 0 Å². The molecule has 0 amide bonds. The van der Waals surface area contributed by atoms with Crippen molar-refractivity contribution in [1.82, 2.24) is 4.98 Å². The fourth-order valence-corrected chi connectivity index (χ4v) is 2.47. The van der Waals surface area contributed by atoms with Gasteiger partial charge in [-0.25, -0.2) is 4.98 Å². The zero-order valence-electron chi connectivity index (χ0n) is 11.8. The van der Waals surface area contributed by atoms with E-state index in [0.717, 1.165) is 16.5 Å². The maximum absolute atomic E-state index is 11.2. The lowest BCUT2D eigenvalue weighted by atomic mass is 10.0. The highest BCUT2D eigenvalue weighted by Gasteiger charge is 2.08. The molecule has 4 nitrogen and oxygen atoms in total. The number of aromatic nitrogens is 1. The highest BCUT2D eigenvalue weighted by Crippen LogP contribution is 2.23. The number of thiazole rings is 1. The molecule has 0 radical (unpaired) electrons. The SMILES string of the molecule is COC(=O)Cc1csc(Nc2ccc(C(C)C)cc2)n1. The summed E-state index contributed by atoms with van der Waals surface area (Å²) in [6, 6.07) is 8.29. The molecule has 0 fully saturated rings. The number of anilines is 2. The third-order valence-electron chi connectivity index (χ3n) is 2.93. The minimum atomic E-state index is -0.275. The van der Waals surface area contributed by atoms with Crippen molar-refractivity contribution < 1.29 is 9.53 Å². The lowest BCUT2D eigenvalue weighted by molar-refractivity contribution is -0.139. The summed E-state index contributed by atoms with van der Waals surface area (Å²) in [6.45, 7) is 4.34. The molecule has 0 spiro atoms. The third-order valence-corrected chi connectivity index (χ3v) is 3.74. The molecule has 0 aliphatic heterocycles. The van der Waals surface area contributed by atoms with E-state index in [2.05, 4.69) is 41.0 Å². The van der Waals surface area contributed by atoms with E-state index in [4.69, 9.17) is 0 Å². The normalized spacial score (nSPS) is 10.6. The van der Waals surface area contributed by atoms with E-state index in [0.29, 0.717) is 5.92 Å². The van der Waals surface area contributed by atoms with Gasteiger partial charge in [0.2, 0.25) is 0 Å². The topological polar surface area (TPSA) is 51.2 Å². The van der Waals surface area contributed by atoms with Gasteiger partial charge in [-0.15, -0.1) is 11.3 Å². The fourth-order valence-electron chi connectivity index (χ4n) is 1.74. The van der Waals surface area contributed by atoms with Gasteiger partial charge in [-0.05, 0) is 23.6 Å². The molecule has 0 unspecified atom stereocenters. The Morgan fingerprint density at radius 1 is 1.35 bits per heavy atom. The number of hydrogen-bond acceptors (Lipinski definition) is 5. The molecule has 0 atom stereocenters. The molecule has 1 aromatic heterocycles. The summed E-state index contributed by atoms with van der Waals surface area (Å²) in [5.74, 6) is 0.249. The Kier molecular flexibility index (Phi) is 4.74. The van der Waals surface area contributed by atoms with Crippen LogP contribution < -0.4 is 5.32 Å². The van der Waals surface area contributed by atoms with Crippen LogP contribution in [0.5, 0.6) is 0 Å². The number of carbonyl (C=O) groups excluding carboxylic acids is 1. The number of ether oxygens (including phenoxy) is 1. The number of nitrogens with zero attached hydrogens (tertiary/aromatic N) is 1. The molecule has 106 valence electrons. The van der Waals surface area contributed by atoms with Gasteiger partial charge in [-0.3, -0.25) is 4.79 Å². The van der Waals surface area contributed by atoms with Gasteiger partial charge < -0.3 is 10.1 Å². The molecule has 1 aromatic carbocycles. The molecule has 1 heterocycles. The summed E-state index contributed by atoms with van der Waals surface area (Å²) < 4.78 is 4.62. The quantitative estimate of drug-likeness (QED) is 0.853. The molecule has 1 N–H and O–H groups in total. The predicted molar refractivity (Wildman–Crippen MR) is 81.6 cm³/mol. The highest BCUT2D eigenvalue weighted by atomic mass is 32.1. The van der Waals surface area contributed by atoms with Crippen LogP contribution in [0.4, 0.5) is 10.8 Å². The van der Waals surface area contributed by atoms with E-state index in [9.17, 15) is 4.79 Å². The summed E-state index contributed by atoms with van der Waals surface area (Å²) in [5, 5.41) is 5.88. The first kappa shape index (κ1) is 14.5. The maximum Gasteiger partial charge on any atom is 0.311 e. The van der Waals surface area contributed by atoms with Crippen LogP contribution in [-0.2, 0) is 16.0 Å². The number of carbonyl (C=O) groups is 1. The molecule has 0 saturated carbocycles. The van der Waals surface area contributed by atoms with Crippen molar-refractivity contribution in [2.24, 2.45) is 0 Å². The Morgan fingerprint density at radius 2 is 2.05 bits per heavy atom. The second kappa shape index (κ2) is 6.52. The largest absolute Gasteiger partial charge is 0.469 e. The summed E-state index contributed by atoms with van der Waals surface area (Å²) >= 11 is 1.48. The number of nitrogens with one attached hydrogen (secondary N) is 1. The first-order valence-electron chi connectivity index (χ1n) is 6.46. The fraction of sp³-hybridized carbons (Fsp3) is 0.333. The lowest BCUT2D eigenvalue weighted by Crippen LogP contribution is -2.04. The average Bonchev–Trinajstić information content (AvgIpc) is 2.86. The van der Waals surface area contributed by atoms with Gasteiger partial charge in [0.15, 0.2) is 5.13 Å². The van der Waals surface area contributed by atoms with Crippen LogP contribution in [0.1, 0.15) is 31.0 Å². The van der Waals surface area contributed by atoms with Crippen molar-refractivity contribution in [3.05, 3.63) is 40.9 Å². The smallest absolute Gasteiger partial charge is 0.311 e. The average molecular weight is 290 g/mol. The zero-order valence-corrected chi connectivity index (χ0v) is 12.7. The van der Waals surface area contributed by atoms with Crippen molar-refractivity contribution in [2.45, 2.75) is 26.2 Å². The first-order valence-corrected chi connectivity index (χ1v) is 7.34. The van der Waals surface area contributed by atoms with E-state index in [1.165, 1.54) is 24.0 Å². The van der Waals surface area contributed by atoms with E-state index in [-0.39, 0.29) is 12.4 Å². The monoisotopic (exact) mass is 290 g/mol. The standard InChI is InChI=1S/C15H18N2O2S/c1-10(2)11-4-6-12(7-5-11)16-15-17-13(9-20-15)8-14(18)19-3/h4-7,9-10H,8H2,1-3H3,(H,16,17). The van der Waals surface area contributed by atoms with Crippen molar-refractivity contribution in [3.8, 4) is 0 Å². The Balaban J connectivity index is 2.01. The maximum atomic E-state index is 11.2. The van der Waals surface area contributed by atoms with Crippen LogP contribution in [-0.4, -0.2) is 18.1 Å². The van der Waals surface area contributed by atoms with Gasteiger partial charge in [0.25, 0.3) is 0 Å². The first-order chi connectivity index (χ1) is 9.58. The van der Waals surface area contributed by atoms with E-state index >= 15 is 0 Å². The summed E-state index contributed by atoms with van der Waals surface area (Å²) in [6.07, 6.45) is 0.209. The second-order valence-corrected chi connectivity index (χ2v) is 5.66. The molecule has 0 aliphatic carbocycles. The van der Waals surface area contributed by atoms with Crippen LogP contribution in [0.3, 0.4) is 0 Å². The van der Waals surface area contributed by atoms with Crippen LogP contribution >= 0.6 is 11.3 Å². The minimum Gasteiger partial charge on any atom is -0.469 e. The molecule has 0 saturated heterocycles. The van der Waals surface area contributed by atoms with Gasteiger partial charge in [0, 0.05) is 11.1 Å². The zero-order chi connectivity index (χ0) is 14.5. The second-order valence-electron chi connectivity index (χ2n) is 4.80. The van der Waals surface area contributed by atoms with Crippen molar-refractivity contribution in [2.75, 3.05) is 12.4 Å². The molecular weight excluding hydrogens is 272 g/mol. The van der Waals surface area contributed by atoms with Crippen LogP contribution in [0.15, 0.2) is 29.6 Å². The van der Waals surface area contributed by atoms with Gasteiger partial charge >= 0.3 is 5.97 Å². The van der Waals surface area contributed by atoms with Crippen LogP contribution in [0.25, 0.3) is 0 Å². The Morgan fingerprint density at radius 3 is 2.65 bits per heavy atom. The molecule has 0 aliphatic rings. The van der Waals surface area contributed by atoms with E-state index in [1.807, 2.05) is 17.5 Å². The number of hydrogen-bond donors (Lipinski definition) is 1. The van der Waals surface area contributed by atoms with Crippen LogP contribution in [0.2, 0.25) is 0 Å². The molecule has 5 heteroatoms. The Hall–Kier alpha value is -1.88. The van der Waals surface area contributed by atoms with Crippen molar-refractivity contribution >= 4 is 28.1 Å². The molecule has 0 bridgehead atoms. The summed E-state index contributed by atoms with van der Waals surface area (Å²) in [4.78, 5) is 15.5. The minimum absolute atomic E-state index is 0.209. The lowest BCUT2D eigenvalue weighted by Gasteiger charge is -2.07. The van der Waals surface area contributed by atoms with Crippen molar-refractivity contribution in [3.63, 3.8) is 0 Å². The van der Waals surface area contributed by atoms with Gasteiger partial charge in [-0.1, -0.05) is 26.0 Å². The van der Waals surface area contributed by atoms with Crippen molar-refractivity contribution in [1.29, 1.82) is 0 Å². The van der Waals surface area contributed by atoms with E-state index in [1.54, 1.807) is 0 Å². The molecule has 2 rings (SSSR count). The Labute approximate surface area is 122 Å². The summed E-state index contributed by atoms with van der Waals surface area (Å²) in [7, 11) is 1.38. The molecule has 20 heavy (non-hydrogen) atoms. The number of rotatable bonds is 5. The number of esters is 1. The number of methoxy groups -OCH3 is 1. The van der Waals surface area contributed by atoms with Gasteiger partial charge in [0.1, 0.15) is 0 Å². The Bertz CT molecular complexity index is 576. The predicted octanol–water partition coefficient (Wildman–Crippen LogP) is 3.73. The highest BCUT2D eigenvalue weighted by molar-refractivity contribution is 7.13.